The number of carbonyl (C=O) groups excluding carboxylic acids is 2. The van der Waals surface area contributed by atoms with E-state index in [1.165, 1.54) is 4.90 Å². The van der Waals surface area contributed by atoms with Gasteiger partial charge in [-0.2, -0.15) is 0 Å². The van der Waals surface area contributed by atoms with Gasteiger partial charge in [0.25, 0.3) is 5.91 Å². The molecule has 6 heteroatoms. The van der Waals surface area contributed by atoms with Crippen LogP contribution in [0.1, 0.15) is 51.2 Å². The predicted octanol–water partition coefficient (Wildman–Crippen LogP) is 7.39. The standard InChI is InChI=1S/C29H40N2O3Si/c1-21-12-16-24(17-13-21)30-26(11-9-10-20-34-35(7,8)29(4,5)6)23(3)27(32)31(28(30)33)25-18-14-22(2)15-19-25/h12-19,26H,3,9-11,20H2,1-2,4-8H3. The van der Waals surface area contributed by atoms with Crippen molar-refractivity contribution in [2.45, 2.75) is 78.1 Å². The number of hydrogen-bond acceptors (Lipinski definition) is 3. The highest BCUT2D eigenvalue weighted by Gasteiger charge is 2.43. The summed E-state index contributed by atoms with van der Waals surface area (Å²) in [5.74, 6) is -0.329. The van der Waals surface area contributed by atoms with E-state index in [9.17, 15) is 9.59 Å². The lowest BCUT2D eigenvalue weighted by Crippen LogP contribution is -2.58. The third-order valence-electron chi connectivity index (χ3n) is 7.33. The van der Waals surface area contributed by atoms with Gasteiger partial charge in [-0.3, -0.25) is 9.69 Å². The van der Waals surface area contributed by atoms with E-state index in [4.69, 9.17) is 4.43 Å². The molecule has 0 radical (unpaired) electrons. The van der Waals surface area contributed by atoms with Gasteiger partial charge in [0, 0.05) is 17.9 Å². The lowest BCUT2D eigenvalue weighted by molar-refractivity contribution is -0.115. The molecule has 5 nitrogen and oxygen atoms in total. The Labute approximate surface area is 211 Å². The first kappa shape index (κ1) is 26.9. The van der Waals surface area contributed by atoms with E-state index in [0.717, 1.165) is 29.7 Å². The van der Waals surface area contributed by atoms with Gasteiger partial charge in [0.2, 0.25) is 0 Å². The number of carbonyl (C=O) groups is 2. The Morgan fingerprint density at radius 3 is 1.91 bits per heavy atom. The van der Waals surface area contributed by atoms with Crippen LogP contribution < -0.4 is 9.80 Å². The molecule has 0 saturated carbocycles. The Morgan fingerprint density at radius 2 is 1.40 bits per heavy atom. The zero-order chi connectivity index (χ0) is 26.0. The molecule has 188 valence electrons. The van der Waals surface area contributed by atoms with Gasteiger partial charge in [-0.15, -0.1) is 0 Å². The topological polar surface area (TPSA) is 49.9 Å². The van der Waals surface area contributed by atoms with Gasteiger partial charge >= 0.3 is 6.03 Å². The Kier molecular flexibility index (Phi) is 8.07. The third kappa shape index (κ3) is 5.93. The predicted molar refractivity (Wildman–Crippen MR) is 148 cm³/mol. The first-order chi connectivity index (χ1) is 16.3. The molecular weight excluding hydrogens is 452 g/mol. The van der Waals surface area contributed by atoms with Gasteiger partial charge in [-0.1, -0.05) is 62.7 Å². The largest absolute Gasteiger partial charge is 0.417 e. The number of anilines is 2. The highest BCUT2D eigenvalue weighted by atomic mass is 28.4. The number of hydrogen-bond donors (Lipinski definition) is 0. The molecular formula is C29H40N2O3Si. The van der Waals surface area contributed by atoms with Crippen molar-refractivity contribution >= 4 is 31.6 Å². The summed E-state index contributed by atoms with van der Waals surface area (Å²) in [6.07, 6.45) is 2.38. The maximum absolute atomic E-state index is 13.8. The fourth-order valence-corrected chi connectivity index (χ4v) is 5.06. The van der Waals surface area contributed by atoms with Crippen LogP contribution in [0.2, 0.25) is 18.1 Å². The van der Waals surface area contributed by atoms with Crippen LogP contribution in [0.15, 0.2) is 60.7 Å². The van der Waals surface area contributed by atoms with Crippen LogP contribution >= 0.6 is 0 Å². The van der Waals surface area contributed by atoms with Crippen molar-refractivity contribution in [1.82, 2.24) is 0 Å². The third-order valence-corrected chi connectivity index (χ3v) is 11.9. The van der Waals surface area contributed by atoms with E-state index < -0.39 is 8.32 Å². The average molecular weight is 493 g/mol. The van der Waals surface area contributed by atoms with Crippen molar-refractivity contribution in [3.8, 4) is 0 Å². The van der Waals surface area contributed by atoms with Crippen molar-refractivity contribution in [2.75, 3.05) is 16.4 Å². The molecule has 3 amide bonds. The molecule has 2 aromatic carbocycles. The second-order valence-electron chi connectivity index (χ2n) is 11.1. The van der Waals surface area contributed by atoms with E-state index in [0.29, 0.717) is 24.3 Å². The zero-order valence-electron chi connectivity index (χ0n) is 22.4. The van der Waals surface area contributed by atoms with E-state index in [1.807, 2.05) is 62.4 Å². The molecule has 35 heavy (non-hydrogen) atoms. The van der Waals surface area contributed by atoms with Crippen LogP contribution in [0.3, 0.4) is 0 Å². The molecule has 2 aromatic rings. The molecule has 1 heterocycles. The van der Waals surface area contributed by atoms with E-state index in [1.54, 1.807) is 4.90 Å². The Hall–Kier alpha value is -2.70. The number of unbranched alkanes of at least 4 members (excludes halogenated alkanes) is 1. The van der Waals surface area contributed by atoms with Crippen LogP contribution in [0, 0.1) is 13.8 Å². The van der Waals surface area contributed by atoms with Crippen molar-refractivity contribution < 1.29 is 14.0 Å². The molecule has 1 fully saturated rings. The smallest absolute Gasteiger partial charge is 0.336 e. The second-order valence-corrected chi connectivity index (χ2v) is 15.9. The van der Waals surface area contributed by atoms with E-state index in [-0.39, 0.29) is 23.0 Å². The van der Waals surface area contributed by atoms with Gasteiger partial charge in [-0.25, -0.2) is 9.69 Å². The van der Waals surface area contributed by atoms with Gasteiger partial charge in [0.15, 0.2) is 8.32 Å². The summed E-state index contributed by atoms with van der Waals surface area (Å²) in [6, 6.07) is 14.6. The highest BCUT2D eigenvalue weighted by molar-refractivity contribution is 6.74. The Balaban J connectivity index is 1.81. The molecule has 0 N–H and O–H groups in total. The minimum Gasteiger partial charge on any atom is -0.417 e. The van der Waals surface area contributed by atoms with Crippen LogP contribution in [-0.2, 0) is 9.22 Å². The number of benzene rings is 2. The molecule has 3 rings (SSSR count). The van der Waals surface area contributed by atoms with Crippen molar-refractivity contribution in [3.05, 3.63) is 71.8 Å². The maximum atomic E-state index is 13.8. The molecule has 0 aliphatic carbocycles. The maximum Gasteiger partial charge on any atom is 0.336 e. The average Bonchev–Trinajstić information content (AvgIpc) is 2.78. The van der Waals surface area contributed by atoms with Crippen LogP contribution in [0.4, 0.5) is 16.2 Å². The molecule has 0 spiro atoms. The summed E-state index contributed by atoms with van der Waals surface area (Å²) in [5, 5.41) is 0.172. The first-order valence-corrected chi connectivity index (χ1v) is 15.4. The van der Waals surface area contributed by atoms with E-state index in [2.05, 4.69) is 40.4 Å². The molecule has 0 aromatic heterocycles. The number of aryl methyl sites for hydroxylation is 2. The van der Waals surface area contributed by atoms with Gasteiger partial charge < -0.3 is 4.43 Å². The lowest BCUT2D eigenvalue weighted by Gasteiger charge is -2.41. The van der Waals surface area contributed by atoms with Gasteiger partial charge in [0.1, 0.15) is 0 Å². The summed E-state index contributed by atoms with van der Waals surface area (Å²) < 4.78 is 6.32. The Morgan fingerprint density at radius 1 is 0.886 bits per heavy atom. The first-order valence-electron chi connectivity index (χ1n) is 12.5. The number of imide groups is 1. The fraction of sp³-hybridized carbons (Fsp3) is 0.448. The normalized spacial score (nSPS) is 17.3. The summed E-state index contributed by atoms with van der Waals surface area (Å²) in [7, 11) is -1.80. The van der Waals surface area contributed by atoms with Crippen molar-refractivity contribution in [1.29, 1.82) is 0 Å². The second kappa shape index (κ2) is 10.5. The van der Waals surface area contributed by atoms with Crippen LogP contribution in [-0.4, -0.2) is 32.9 Å². The summed E-state index contributed by atoms with van der Waals surface area (Å²) >= 11 is 0. The quantitative estimate of drug-likeness (QED) is 0.219. The summed E-state index contributed by atoms with van der Waals surface area (Å²) in [6.45, 7) is 20.1. The van der Waals surface area contributed by atoms with Crippen molar-refractivity contribution in [3.63, 3.8) is 0 Å². The molecule has 1 aliphatic rings. The molecule has 1 atom stereocenters. The minimum absolute atomic E-state index is 0.172. The molecule has 1 unspecified atom stereocenters. The SMILES string of the molecule is C=C1C(=O)N(c2ccc(C)cc2)C(=O)N(c2ccc(C)cc2)C1CCCCO[Si](C)(C)C(C)(C)C. The number of nitrogens with zero attached hydrogens (tertiary/aromatic N) is 2. The highest BCUT2D eigenvalue weighted by Crippen LogP contribution is 2.37. The number of amides is 3. The molecule has 0 bridgehead atoms. The zero-order valence-corrected chi connectivity index (χ0v) is 23.4. The molecule has 1 saturated heterocycles. The number of urea groups is 1. The van der Waals surface area contributed by atoms with E-state index >= 15 is 0 Å². The monoisotopic (exact) mass is 492 g/mol. The van der Waals surface area contributed by atoms with Crippen LogP contribution in [0.5, 0.6) is 0 Å². The molecule has 1 aliphatic heterocycles. The van der Waals surface area contributed by atoms with Crippen molar-refractivity contribution in [2.24, 2.45) is 0 Å². The lowest BCUT2D eigenvalue weighted by atomic mass is 9.96. The van der Waals surface area contributed by atoms with Crippen LogP contribution in [0.25, 0.3) is 0 Å². The fourth-order valence-electron chi connectivity index (χ4n) is 3.97. The number of rotatable bonds is 8. The minimum atomic E-state index is -1.80. The van der Waals surface area contributed by atoms with Gasteiger partial charge in [-0.05, 0) is 75.5 Å². The summed E-state index contributed by atoms with van der Waals surface area (Å²) in [4.78, 5) is 30.1. The van der Waals surface area contributed by atoms with Gasteiger partial charge in [0.05, 0.1) is 11.7 Å². The Bertz CT molecular complexity index is 1070. The summed E-state index contributed by atoms with van der Waals surface area (Å²) in [5.41, 5.74) is 3.95.